The minimum atomic E-state index is -0.630. The van der Waals surface area contributed by atoms with Crippen molar-refractivity contribution in [3.8, 4) is 0 Å². The number of aryl methyl sites for hydroxylation is 1. The number of carbonyl (C=O) groups is 1. The first-order chi connectivity index (χ1) is 12.0. The van der Waals surface area contributed by atoms with Gasteiger partial charge in [0.2, 0.25) is 0 Å². The van der Waals surface area contributed by atoms with E-state index in [0.717, 1.165) is 22.5 Å². The van der Waals surface area contributed by atoms with Crippen LogP contribution in [0.15, 0.2) is 22.3 Å². The van der Waals surface area contributed by atoms with Crippen molar-refractivity contribution >= 4 is 40.5 Å². The van der Waals surface area contributed by atoms with Gasteiger partial charge in [-0.25, -0.2) is 0 Å². The first-order valence-electron chi connectivity index (χ1n) is 7.50. The molecule has 0 unspecified atom stereocenters. The van der Waals surface area contributed by atoms with Crippen LogP contribution in [-0.2, 0) is 9.61 Å². The summed E-state index contributed by atoms with van der Waals surface area (Å²) >= 11 is 11.9. The number of hydrogen-bond acceptors (Lipinski definition) is 5. The van der Waals surface area contributed by atoms with E-state index >= 15 is 0 Å². The zero-order valence-electron chi connectivity index (χ0n) is 13.6. The number of nitrogens with zero attached hydrogens (tertiary/aromatic N) is 3. The average Bonchev–Trinajstić information content (AvgIpc) is 2.98. The van der Waals surface area contributed by atoms with Gasteiger partial charge in [0.1, 0.15) is 0 Å². The van der Waals surface area contributed by atoms with Crippen molar-refractivity contribution in [1.29, 1.82) is 0 Å². The Hall–Kier alpha value is -1.16. The van der Waals surface area contributed by atoms with Crippen LogP contribution < -0.4 is 27.4 Å². The Kier molecular flexibility index (Phi) is 5.67. The van der Waals surface area contributed by atoms with Gasteiger partial charge in [-0.1, -0.05) is 0 Å². The summed E-state index contributed by atoms with van der Waals surface area (Å²) in [7, 11) is 0. The molecule has 9 heteroatoms. The van der Waals surface area contributed by atoms with Gasteiger partial charge in [0, 0.05) is 0 Å². The molecule has 2 N–H and O–H groups in total. The summed E-state index contributed by atoms with van der Waals surface area (Å²) in [6, 6.07) is 0. The first-order valence-corrected chi connectivity index (χ1v) is 11.3. The summed E-state index contributed by atoms with van der Waals surface area (Å²) in [6.45, 7) is 2.17. The molecule has 0 saturated carbocycles. The third kappa shape index (κ3) is 3.55. The summed E-state index contributed by atoms with van der Waals surface area (Å²) in [5, 5.41) is 1.28. The molecule has 0 saturated heterocycles. The molecule has 1 aliphatic rings. The van der Waals surface area contributed by atoms with Crippen molar-refractivity contribution in [3.05, 3.63) is 45.0 Å². The van der Waals surface area contributed by atoms with Gasteiger partial charge in [-0.15, -0.1) is 0 Å². The van der Waals surface area contributed by atoms with Gasteiger partial charge in [0.25, 0.3) is 0 Å². The predicted octanol–water partition coefficient (Wildman–Crippen LogP) is 0.153. The normalized spacial score (nSPS) is 15.0. The number of hydrogen-bond donors (Lipinski definition) is 1. The van der Waals surface area contributed by atoms with Crippen LogP contribution in [0.2, 0.25) is 0 Å². The summed E-state index contributed by atoms with van der Waals surface area (Å²) in [4.78, 5) is 22.7. The van der Waals surface area contributed by atoms with Crippen LogP contribution >= 0.6 is 23.2 Å². The molecular formula is C16H16Cl2IN4O2-. The summed E-state index contributed by atoms with van der Waals surface area (Å²) in [5.74, 6) is -0.0195. The Morgan fingerprint density at radius 3 is 2.80 bits per heavy atom. The molecule has 3 rings (SSSR count). The Labute approximate surface area is 165 Å². The van der Waals surface area contributed by atoms with E-state index in [9.17, 15) is 4.79 Å². The fourth-order valence-electron chi connectivity index (χ4n) is 2.82. The van der Waals surface area contributed by atoms with Gasteiger partial charge in [0.05, 0.1) is 0 Å². The molecule has 134 valence electrons. The standard InChI is InChI=1S/C16H16Cl2IN4O2/c1-8-11(6-20)14(10-4-3-9(17)5-12(10)18)23-7-13(15(24)25-19-2)22-16(23)21-8/h5,7H,3-4,6,20H2,1-2H3/q-1. The fourth-order valence-corrected chi connectivity index (χ4v) is 4.02. The van der Waals surface area contributed by atoms with Crippen LogP contribution in [0.25, 0.3) is 11.4 Å². The number of aromatic nitrogens is 3. The number of halogens is 3. The van der Waals surface area contributed by atoms with Crippen LogP contribution in [0.1, 0.15) is 40.3 Å². The second kappa shape index (κ2) is 7.61. The molecule has 0 amide bonds. The van der Waals surface area contributed by atoms with E-state index < -0.39 is 27.6 Å². The first kappa shape index (κ1) is 18.6. The second-order valence-electron chi connectivity index (χ2n) is 5.46. The number of imidazole rings is 1. The molecule has 25 heavy (non-hydrogen) atoms. The van der Waals surface area contributed by atoms with E-state index in [1.165, 1.54) is 0 Å². The molecule has 2 heterocycles. The SMILES string of the molecule is C[I-]OC(=O)c1cn2c(C3=C(Cl)C=C(Cl)CC3)c(CN)c(C)nc2n1. The van der Waals surface area contributed by atoms with Crippen molar-refractivity contribution in [3.63, 3.8) is 0 Å². The van der Waals surface area contributed by atoms with E-state index in [0.29, 0.717) is 35.2 Å². The van der Waals surface area contributed by atoms with Crippen molar-refractivity contribution in [2.75, 3.05) is 4.93 Å². The van der Waals surface area contributed by atoms with Crippen molar-refractivity contribution in [2.24, 2.45) is 5.73 Å². The Bertz CT molecular complexity index is 920. The zero-order chi connectivity index (χ0) is 18.1. The van der Waals surface area contributed by atoms with E-state index in [-0.39, 0.29) is 5.69 Å². The molecule has 2 aromatic heterocycles. The molecule has 0 radical (unpaired) electrons. The maximum absolute atomic E-state index is 12.1. The second-order valence-corrected chi connectivity index (χ2v) is 7.68. The number of alkyl halides is 1. The van der Waals surface area contributed by atoms with Gasteiger partial charge in [-0.05, 0) is 0 Å². The third-order valence-corrected chi connectivity index (χ3v) is 5.43. The number of rotatable bonds is 4. The van der Waals surface area contributed by atoms with Crippen LogP contribution in [-0.4, -0.2) is 25.3 Å². The molecule has 1 aliphatic carbocycles. The summed E-state index contributed by atoms with van der Waals surface area (Å²) < 4.78 is 6.91. The maximum atomic E-state index is 12.1. The van der Waals surface area contributed by atoms with Gasteiger partial charge in [0.15, 0.2) is 0 Å². The molecule has 0 fully saturated rings. The number of fused-ring (bicyclic) bond motifs is 1. The van der Waals surface area contributed by atoms with Gasteiger partial charge >= 0.3 is 166 Å². The summed E-state index contributed by atoms with van der Waals surface area (Å²) in [6.07, 6.45) is 4.76. The topological polar surface area (TPSA) is 82.5 Å². The third-order valence-electron chi connectivity index (χ3n) is 3.95. The van der Waals surface area contributed by atoms with Crippen molar-refractivity contribution in [1.82, 2.24) is 14.4 Å². The monoisotopic (exact) mass is 493 g/mol. The molecule has 6 nitrogen and oxygen atoms in total. The molecule has 0 aromatic carbocycles. The van der Waals surface area contributed by atoms with Crippen molar-refractivity contribution < 1.29 is 29.5 Å². The molecule has 2 aromatic rings. The average molecular weight is 494 g/mol. The number of carbonyl (C=O) groups excluding carboxylic acids is 1. The van der Waals surface area contributed by atoms with E-state index in [1.54, 1.807) is 16.7 Å². The minimum absolute atomic E-state index is 0.227. The van der Waals surface area contributed by atoms with Gasteiger partial charge in [-0.3, -0.25) is 0 Å². The van der Waals surface area contributed by atoms with Crippen LogP contribution in [0.3, 0.4) is 0 Å². The van der Waals surface area contributed by atoms with Gasteiger partial charge < -0.3 is 0 Å². The van der Waals surface area contributed by atoms with Crippen molar-refractivity contribution in [2.45, 2.75) is 26.3 Å². The van der Waals surface area contributed by atoms with Crippen LogP contribution in [0, 0.1) is 6.92 Å². The molecule has 0 atom stereocenters. The summed E-state index contributed by atoms with van der Waals surface area (Å²) in [5.41, 5.74) is 9.57. The Balaban J connectivity index is 2.28. The molecule has 0 bridgehead atoms. The Morgan fingerprint density at radius 2 is 2.16 bits per heavy atom. The van der Waals surface area contributed by atoms with E-state index in [2.05, 4.69) is 9.97 Å². The molecule has 0 spiro atoms. The Morgan fingerprint density at radius 1 is 1.40 bits per heavy atom. The predicted molar refractivity (Wildman–Crippen MR) is 92.9 cm³/mol. The number of nitrogens with two attached hydrogens (primary N) is 1. The van der Waals surface area contributed by atoms with Crippen LogP contribution in [0.4, 0.5) is 0 Å². The quantitative estimate of drug-likeness (QED) is 0.484. The number of allylic oxidation sites excluding steroid dienone is 4. The molecular weight excluding hydrogens is 478 g/mol. The molecule has 0 aliphatic heterocycles. The van der Waals surface area contributed by atoms with Crippen LogP contribution in [0.5, 0.6) is 0 Å². The van der Waals surface area contributed by atoms with E-state index in [4.69, 9.17) is 32.0 Å². The fraction of sp³-hybridized carbons (Fsp3) is 0.312. The zero-order valence-corrected chi connectivity index (χ0v) is 17.3. The van der Waals surface area contributed by atoms with E-state index in [1.807, 2.05) is 11.9 Å². The van der Waals surface area contributed by atoms with Gasteiger partial charge in [-0.2, -0.15) is 0 Å².